The van der Waals surface area contributed by atoms with E-state index in [0.717, 1.165) is 25.7 Å². The van der Waals surface area contributed by atoms with E-state index in [9.17, 15) is 5.11 Å². The minimum Gasteiger partial charge on any atom is -0.388 e. The molecule has 0 spiro atoms. The number of anilines is 1. The van der Waals surface area contributed by atoms with Crippen molar-refractivity contribution in [3.8, 4) is 0 Å². The molecule has 1 saturated carbocycles. The Morgan fingerprint density at radius 2 is 2.05 bits per heavy atom. The van der Waals surface area contributed by atoms with Crippen LogP contribution in [0.1, 0.15) is 39.5 Å². The van der Waals surface area contributed by atoms with Gasteiger partial charge in [-0.05, 0) is 31.1 Å². The van der Waals surface area contributed by atoms with Crippen LogP contribution < -0.4 is 5.32 Å². The van der Waals surface area contributed by atoms with E-state index in [1.807, 2.05) is 4.40 Å². The van der Waals surface area contributed by atoms with Crippen molar-refractivity contribution < 1.29 is 5.11 Å². The Balaban J connectivity index is 1.69. The molecule has 108 valence electrons. The zero-order valence-electron chi connectivity index (χ0n) is 12.0. The van der Waals surface area contributed by atoms with E-state index in [1.54, 1.807) is 18.7 Å². The summed E-state index contributed by atoms with van der Waals surface area (Å²) >= 11 is 0. The molecule has 0 saturated heterocycles. The second-order valence-electron chi connectivity index (χ2n) is 6.58. The number of hydrogen-bond donors (Lipinski definition) is 2. The van der Waals surface area contributed by atoms with Crippen LogP contribution in [0.15, 0.2) is 18.7 Å². The molecule has 20 heavy (non-hydrogen) atoms. The van der Waals surface area contributed by atoms with Crippen molar-refractivity contribution in [3.63, 3.8) is 0 Å². The Kier molecular flexibility index (Phi) is 3.12. The van der Waals surface area contributed by atoms with Crippen LogP contribution in [0.4, 0.5) is 5.82 Å². The van der Waals surface area contributed by atoms with Crippen LogP contribution in [-0.2, 0) is 0 Å². The van der Waals surface area contributed by atoms with Crippen LogP contribution in [0.5, 0.6) is 0 Å². The lowest BCUT2D eigenvalue weighted by Crippen LogP contribution is -2.42. The molecule has 6 heteroatoms. The fourth-order valence-electron chi connectivity index (χ4n) is 2.70. The summed E-state index contributed by atoms with van der Waals surface area (Å²) in [5.74, 6) is 0.670. The second-order valence-corrected chi connectivity index (χ2v) is 6.58. The van der Waals surface area contributed by atoms with E-state index in [4.69, 9.17) is 0 Å². The van der Waals surface area contributed by atoms with Crippen LogP contribution in [0.3, 0.4) is 0 Å². The van der Waals surface area contributed by atoms with E-state index in [-0.39, 0.29) is 0 Å². The third kappa shape index (κ3) is 2.60. The van der Waals surface area contributed by atoms with Crippen LogP contribution in [0.25, 0.3) is 5.65 Å². The topological polar surface area (TPSA) is 75.3 Å². The van der Waals surface area contributed by atoms with Crippen molar-refractivity contribution in [1.82, 2.24) is 19.6 Å². The van der Waals surface area contributed by atoms with E-state index >= 15 is 0 Å². The lowest BCUT2D eigenvalue weighted by Gasteiger charge is -2.40. The SMILES string of the molecule is CC1(C)CCC(O)(CNc2nccn3cnnc23)CC1. The van der Waals surface area contributed by atoms with Crippen molar-refractivity contribution in [2.45, 2.75) is 45.1 Å². The Bertz CT molecular complexity index is 596. The van der Waals surface area contributed by atoms with Crippen molar-refractivity contribution in [2.24, 2.45) is 5.41 Å². The molecule has 3 rings (SSSR count). The molecule has 2 aromatic heterocycles. The van der Waals surface area contributed by atoms with Crippen LogP contribution in [0.2, 0.25) is 0 Å². The maximum atomic E-state index is 10.7. The van der Waals surface area contributed by atoms with Gasteiger partial charge in [0.1, 0.15) is 6.33 Å². The minimum absolute atomic E-state index is 0.345. The summed E-state index contributed by atoms with van der Waals surface area (Å²) in [5, 5.41) is 21.8. The molecule has 0 bridgehead atoms. The van der Waals surface area contributed by atoms with Gasteiger partial charge in [0.2, 0.25) is 5.65 Å². The van der Waals surface area contributed by atoms with Crippen LogP contribution >= 0.6 is 0 Å². The van der Waals surface area contributed by atoms with Gasteiger partial charge in [-0.25, -0.2) is 4.98 Å². The smallest absolute Gasteiger partial charge is 0.203 e. The molecule has 0 radical (unpaired) electrons. The van der Waals surface area contributed by atoms with Crippen LogP contribution in [0, 0.1) is 5.41 Å². The van der Waals surface area contributed by atoms with Gasteiger partial charge in [-0.1, -0.05) is 13.8 Å². The molecular formula is C14H21N5O. The lowest BCUT2D eigenvalue weighted by molar-refractivity contribution is -0.0145. The number of fused-ring (bicyclic) bond motifs is 1. The molecule has 1 aliphatic carbocycles. The van der Waals surface area contributed by atoms with Gasteiger partial charge in [-0.3, -0.25) is 4.40 Å². The molecule has 2 aromatic rings. The van der Waals surface area contributed by atoms with Gasteiger partial charge < -0.3 is 10.4 Å². The van der Waals surface area contributed by atoms with E-state index in [1.165, 1.54) is 0 Å². The number of aliphatic hydroxyl groups is 1. The number of hydrogen-bond acceptors (Lipinski definition) is 5. The largest absolute Gasteiger partial charge is 0.388 e. The molecule has 0 aromatic carbocycles. The summed E-state index contributed by atoms with van der Waals surface area (Å²) < 4.78 is 1.81. The zero-order valence-corrected chi connectivity index (χ0v) is 12.0. The predicted molar refractivity (Wildman–Crippen MR) is 76.5 cm³/mol. The Labute approximate surface area is 118 Å². The summed E-state index contributed by atoms with van der Waals surface area (Å²) in [6.07, 6.45) is 8.89. The first-order chi connectivity index (χ1) is 9.48. The highest BCUT2D eigenvalue weighted by Gasteiger charge is 2.36. The fraction of sp³-hybridized carbons (Fsp3) is 0.643. The Morgan fingerprint density at radius 1 is 1.30 bits per heavy atom. The highest BCUT2D eigenvalue weighted by atomic mass is 16.3. The van der Waals surface area contributed by atoms with Crippen molar-refractivity contribution >= 4 is 11.5 Å². The maximum absolute atomic E-state index is 10.7. The van der Waals surface area contributed by atoms with Gasteiger partial charge in [0, 0.05) is 18.9 Å². The summed E-state index contributed by atoms with van der Waals surface area (Å²) in [7, 11) is 0. The molecule has 0 unspecified atom stereocenters. The molecule has 0 aliphatic heterocycles. The summed E-state index contributed by atoms with van der Waals surface area (Å²) in [6.45, 7) is 5.03. The molecule has 2 N–H and O–H groups in total. The first kappa shape index (κ1) is 13.3. The molecule has 0 atom stereocenters. The Hall–Kier alpha value is -1.69. The Morgan fingerprint density at radius 3 is 2.80 bits per heavy atom. The standard InChI is InChI=1S/C14H21N5O/c1-13(2)3-5-14(20,6-4-13)9-16-11-12-18-17-10-19(12)8-7-15-11/h7-8,10,20H,3-6,9H2,1-2H3,(H,15,16). The summed E-state index contributed by atoms with van der Waals surface area (Å²) in [4.78, 5) is 4.28. The predicted octanol–water partition coefficient (Wildman–Crippen LogP) is 1.87. The normalized spacial score (nSPS) is 20.9. The van der Waals surface area contributed by atoms with Gasteiger partial charge in [0.05, 0.1) is 5.60 Å². The second kappa shape index (κ2) is 4.70. The van der Waals surface area contributed by atoms with Gasteiger partial charge in [-0.2, -0.15) is 0 Å². The van der Waals surface area contributed by atoms with Crippen LogP contribution in [-0.4, -0.2) is 36.8 Å². The quantitative estimate of drug-likeness (QED) is 0.894. The maximum Gasteiger partial charge on any atom is 0.203 e. The highest BCUT2D eigenvalue weighted by molar-refractivity contribution is 5.61. The van der Waals surface area contributed by atoms with Crippen molar-refractivity contribution in [3.05, 3.63) is 18.7 Å². The molecule has 2 heterocycles. The number of aromatic nitrogens is 4. The highest BCUT2D eigenvalue weighted by Crippen LogP contribution is 2.40. The number of nitrogens with one attached hydrogen (secondary N) is 1. The molecule has 0 amide bonds. The van der Waals surface area contributed by atoms with Crippen molar-refractivity contribution in [1.29, 1.82) is 0 Å². The monoisotopic (exact) mass is 275 g/mol. The molecular weight excluding hydrogens is 254 g/mol. The lowest BCUT2D eigenvalue weighted by atomic mass is 9.71. The third-order valence-corrected chi connectivity index (χ3v) is 4.33. The van der Waals surface area contributed by atoms with Gasteiger partial charge in [0.25, 0.3) is 0 Å². The summed E-state index contributed by atoms with van der Waals surface area (Å²) in [6, 6.07) is 0. The summed E-state index contributed by atoms with van der Waals surface area (Å²) in [5.41, 5.74) is 0.383. The van der Waals surface area contributed by atoms with E-state index < -0.39 is 5.60 Å². The fourth-order valence-corrected chi connectivity index (χ4v) is 2.70. The van der Waals surface area contributed by atoms with Gasteiger partial charge in [0.15, 0.2) is 5.82 Å². The van der Waals surface area contributed by atoms with Crippen molar-refractivity contribution in [2.75, 3.05) is 11.9 Å². The molecule has 1 aliphatic rings. The van der Waals surface area contributed by atoms with E-state index in [0.29, 0.717) is 23.4 Å². The first-order valence-corrected chi connectivity index (χ1v) is 7.08. The molecule has 1 fully saturated rings. The van der Waals surface area contributed by atoms with E-state index in [2.05, 4.69) is 34.3 Å². The third-order valence-electron chi connectivity index (χ3n) is 4.33. The van der Waals surface area contributed by atoms with Gasteiger partial charge >= 0.3 is 0 Å². The van der Waals surface area contributed by atoms with Gasteiger partial charge in [-0.15, -0.1) is 10.2 Å². The average Bonchev–Trinajstić information content (AvgIpc) is 2.89. The zero-order chi connectivity index (χ0) is 14.2. The first-order valence-electron chi connectivity index (χ1n) is 7.08. The average molecular weight is 275 g/mol. The molecule has 6 nitrogen and oxygen atoms in total. The number of rotatable bonds is 3. The number of nitrogens with zero attached hydrogens (tertiary/aromatic N) is 4. The minimum atomic E-state index is -0.649.